The minimum Gasteiger partial charge on any atom is -0.383 e. The number of nitrogen functional groups attached to an aromatic ring is 1. The average molecular weight is 378 g/mol. The lowest BCUT2D eigenvalue weighted by atomic mass is 9.94. The Kier molecular flexibility index (Phi) is 3.88. The number of nitrogens with two attached hydrogens (primary N) is 1. The molecule has 0 aliphatic carbocycles. The van der Waals surface area contributed by atoms with Gasteiger partial charge in [0.05, 0.1) is 16.4 Å². The standard InChI is InChI=1S/C25H22N4/c1-25(2,18-13-7-4-8-14-18)29-20-16-10-9-15-19(20)21-22(26)27-23(28-24(21)29)17-11-5-3-6-12-17/h3-16H,1-2H3,(H2,26,27,28). The zero-order valence-electron chi connectivity index (χ0n) is 16.5. The summed E-state index contributed by atoms with van der Waals surface area (Å²) in [6, 6.07) is 28.8. The van der Waals surface area contributed by atoms with Crippen LogP contribution in [0.2, 0.25) is 0 Å². The predicted octanol–water partition coefficient (Wildman–Crippen LogP) is 5.62. The quantitative estimate of drug-likeness (QED) is 0.443. The van der Waals surface area contributed by atoms with E-state index in [-0.39, 0.29) is 5.54 Å². The van der Waals surface area contributed by atoms with Gasteiger partial charge in [-0.05, 0) is 25.5 Å². The van der Waals surface area contributed by atoms with Crippen molar-refractivity contribution in [2.24, 2.45) is 0 Å². The lowest BCUT2D eigenvalue weighted by Crippen LogP contribution is -2.27. The van der Waals surface area contributed by atoms with E-state index in [1.165, 1.54) is 5.56 Å². The van der Waals surface area contributed by atoms with Crippen LogP contribution in [-0.2, 0) is 5.54 Å². The van der Waals surface area contributed by atoms with Crippen molar-refractivity contribution in [1.29, 1.82) is 0 Å². The Hall–Kier alpha value is -3.66. The normalized spacial score (nSPS) is 11.9. The molecule has 0 saturated heterocycles. The highest BCUT2D eigenvalue weighted by Gasteiger charge is 2.29. The monoisotopic (exact) mass is 378 g/mol. The van der Waals surface area contributed by atoms with Gasteiger partial charge in [0.1, 0.15) is 11.5 Å². The first-order chi connectivity index (χ1) is 14.1. The second kappa shape index (κ2) is 6.45. The second-order valence-corrected chi connectivity index (χ2v) is 7.77. The SMILES string of the molecule is CC(C)(c1ccccc1)n1c2ccccc2c2c(N)nc(-c3ccccc3)nc21. The van der Waals surface area contributed by atoms with Crippen molar-refractivity contribution in [3.8, 4) is 11.4 Å². The van der Waals surface area contributed by atoms with E-state index in [0.717, 1.165) is 27.5 Å². The molecule has 0 unspecified atom stereocenters. The Morgan fingerprint density at radius 2 is 1.38 bits per heavy atom. The van der Waals surface area contributed by atoms with Crippen molar-refractivity contribution in [1.82, 2.24) is 14.5 Å². The molecule has 5 rings (SSSR count). The highest BCUT2D eigenvalue weighted by Crippen LogP contribution is 2.39. The fraction of sp³-hybridized carbons (Fsp3) is 0.120. The molecule has 0 aliphatic rings. The zero-order valence-corrected chi connectivity index (χ0v) is 16.5. The summed E-state index contributed by atoms with van der Waals surface area (Å²) in [5.74, 6) is 1.15. The predicted molar refractivity (Wildman–Crippen MR) is 120 cm³/mol. The fourth-order valence-electron chi connectivity index (χ4n) is 4.14. The number of nitrogens with zero attached hydrogens (tertiary/aromatic N) is 3. The Bertz CT molecular complexity index is 1320. The van der Waals surface area contributed by atoms with Crippen LogP contribution < -0.4 is 5.73 Å². The number of hydrogen-bond acceptors (Lipinski definition) is 3. The third-order valence-corrected chi connectivity index (χ3v) is 5.62. The number of aromatic nitrogens is 3. The number of fused-ring (bicyclic) bond motifs is 3. The van der Waals surface area contributed by atoms with E-state index in [2.05, 4.69) is 65.9 Å². The molecule has 0 bridgehead atoms. The molecule has 2 N–H and O–H groups in total. The topological polar surface area (TPSA) is 56.7 Å². The van der Waals surface area contributed by atoms with Gasteiger partial charge in [0.2, 0.25) is 0 Å². The molecule has 4 heteroatoms. The van der Waals surface area contributed by atoms with Gasteiger partial charge < -0.3 is 10.3 Å². The molecule has 3 aromatic carbocycles. The molecule has 0 aliphatic heterocycles. The highest BCUT2D eigenvalue weighted by molar-refractivity contribution is 6.12. The van der Waals surface area contributed by atoms with Gasteiger partial charge in [-0.2, -0.15) is 0 Å². The van der Waals surface area contributed by atoms with Crippen LogP contribution in [0.15, 0.2) is 84.9 Å². The van der Waals surface area contributed by atoms with E-state index in [0.29, 0.717) is 11.6 Å². The van der Waals surface area contributed by atoms with Crippen LogP contribution in [0.1, 0.15) is 19.4 Å². The molecule has 29 heavy (non-hydrogen) atoms. The van der Waals surface area contributed by atoms with E-state index in [4.69, 9.17) is 10.7 Å². The van der Waals surface area contributed by atoms with Gasteiger partial charge in [-0.25, -0.2) is 9.97 Å². The molecule has 0 fully saturated rings. The lowest BCUT2D eigenvalue weighted by molar-refractivity contribution is 0.462. The number of hydrogen-bond donors (Lipinski definition) is 1. The summed E-state index contributed by atoms with van der Waals surface area (Å²) in [7, 11) is 0. The fourth-order valence-corrected chi connectivity index (χ4v) is 4.14. The van der Waals surface area contributed by atoms with Crippen molar-refractivity contribution in [3.05, 3.63) is 90.5 Å². The molecule has 2 aromatic heterocycles. The number of anilines is 1. The van der Waals surface area contributed by atoms with Crippen molar-refractivity contribution < 1.29 is 0 Å². The molecular weight excluding hydrogens is 356 g/mol. The first-order valence-electron chi connectivity index (χ1n) is 9.75. The third-order valence-electron chi connectivity index (χ3n) is 5.62. The van der Waals surface area contributed by atoms with Crippen molar-refractivity contribution >= 4 is 27.8 Å². The van der Waals surface area contributed by atoms with Crippen molar-refractivity contribution in [2.45, 2.75) is 19.4 Å². The zero-order chi connectivity index (χ0) is 20.0. The summed E-state index contributed by atoms with van der Waals surface area (Å²) in [5.41, 5.74) is 10.3. The highest BCUT2D eigenvalue weighted by atomic mass is 15.1. The van der Waals surface area contributed by atoms with Gasteiger partial charge in [-0.3, -0.25) is 0 Å². The molecule has 0 atom stereocenters. The van der Waals surface area contributed by atoms with E-state index < -0.39 is 0 Å². The van der Waals surface area contributed by atoms with Crippen LogP contribution in [-0.4, -0.2) is 14.5 Å². The first kappa shape index (κ1) is 17.4. The van der Waals surface area contributed by atoms with Gasteiger partial charge in [-0.1, -0.05) is 78.9 Å². The van der Waals surface area contributed by atoms with Gasteiger partial charge in [-0.15, -0.1) is 0 Å². The van der Waals surface area contributed by atoms with E-state index in [1.807, 2.05) is 42.5 Å². The summed E-state index contributed by atoms with van der Waals surface area (Å²) in [6.07, 6.45) is 0. The van der Waals surface area contributed by atoms with Crippen LogP contribution in [0.4, 0.5) is 5.82 Å². The van der Waals surface area contributed by atoms with Crippen molar-refractivity contribution in [3.63, 3.8) is 0 Å². The molecule has 142 valence electrons. The van der Waals surface area contributed by atoms with Gasteiger partial charge >= 0.3 is 0 Å². The van der Waals surface area contributed by atoms with Gasteiger partial charge in [0.15, 0.2) is 5.82 Å². The molecule has 5 aromatic rings. The molecule has 2 heterocycles. The molecule has 0 amide bonds. The Labute approximate surface area is 169 Å². The number of rotatable bonds is 3. The lowest BCUT2D eigenvalue weighted by Gasteiger charge is -2.29. The minimum atomic E-state index is -0.322. The summed E-state index contributed by atoms with van der Waals surface area (Å²) in [5, 5.41) is 1.98. The second-order valence-electron chi connectivity index (χ2n) is 7.77. The largest absolute Gasteiger partial charge is 0.383 e. The Morgan fingerprint density at radius 1 is 0.759 bits per heavy atom. The molecule has 0 spiro atoms. The van der Waals surface area contributed by atoms with Crippen molar-refractivity contribution in [2.75, 3.05) is 5.73 Å². The first-order valence-corrected chi connectivity index (χ1v) is 9.75. The van der Waals surface area contributed by atoms with Crippen LogP contribution in [0, 0.1) is 0 Å². The van der Waals surface area contributed by atoms with Crippen LogP contribution in [0.3, 0.4) is 0 Å². The van der Waals surface area contributed by atoms with E-state index >= 15 is 0 Å². The summed E-state index contributed by atoms with van der Waals surface area (Å²) in [4.78, 5) is 9.65. The molecule has 0 saturated carbocycles. The smallest absolute Gasteiger partial charge is 0.163 e. The average Bonchev–Trinajstić information content (AvgIpc) is 3.10. The van der Waals surface area contributed by atoms with Crippen LogP contribution in [0.25, 0.3) is 33.3 Å². The summed E-state index contributed by atoms with van der Waals surface area (Å²) < 4.78 is 2.29. The summed E-state index contributed by atoms with van der Waals surface area (Å²) >= 11 is 0. The minimum absolute atomic E-state index is 0.322. The number of benzene rings is 3. The maximum Gasteiger partial charge on any atom is 0.163 e. The number of para-hydroxylation sites is 1. The van der Waals surface area contributed by atoms with E-state index in [1.54, 1.807) is 0 Å². The molecule has 0 radical (unpaired) electrons. The van der Waals surface area contributed by atoms with E-state index in [9.17, 15) is 0 Å². The Balaban J connectivity index is 1.90. The van der Waals surface area contributed by atoms with Gasteiger partial charge in [0.25, 0.3) is 0 Å². The Morgan fingerprint density at radius 3 is 2.10 bits per heavy atom. The van der Waals surface area contributed by atoms with Crippen LogP contribution >= 0.6 is 0 Å². The van der Waals surface area contributed by atoms with Crippen LogP contribution in [0.5, 0.6) is 0 Å². The molecular formula is C25H22N4. The third kappa shape index (κ3) is 2.68. The molecule has 4 nitrogen and oxygen atoms in total. The maximum atomic E-state index is 6.49. The summed E-state index contributed by atoms with van der Waals surface area (Å²) in [6.45, 7) is 4.43. The maximum absolute atomic E-state index is 6.49. The van der Waals surface area contributed by atoms with Gasteiger partial charge in [0, 0.05) is 10.9 Å².